The number of nitrogens with zero attached hydrogens (tertiary/aromatic N) is 1. The molecule has 1 saturated heterocycles. The first-order chi connectivity index (χ1) is 7.62. The summed E-state index contributed by atoms with van der Waals surface area (Å²) in [7, 11) is 3.43. The van der Waals surface area contributed by atoms with Crippen LogP contribution in [0.1, 0.15) is 20.3 Å². The molecular formula is C12H25NO3. The number of hydrogen-bond acceptors (Lipinski definition) is 4. The Hall–Kier alpha value is -0.160. The summed E-state index contributed by atoms with van der Waals surface area (Å²) in [4.78, 5) is 2.22. The van der Waals surface area contributed by atoms with Gasteiger partial charge in [-0.25, -0.2) is 0 Å². The van der Waals surface area contributed by atoms with Gasteiger partial charge >= 0.3 is 0 Å². The van der Waals surface area contributed by atoms with Gasteiger partial charge in [0.1, 0.15) is 0 Å². The van der Waals surface area contributed by atoms with Crippen LogP contribution in [0, 0.1) is 5.92 Å². The van der Waals surface area contributed by atoms with Crippen molar-refractivity contribution in [2.45, 2.75) is 38.6 Å². The number of methoxy groups -OCH3 is 2. The summed E-state index contributed by atoms with van der Waals surface area (Å²) in [6.07, 6.45) is 1.03. The lowest BCUT2D eigenvalue weighted by Gasteiger charge is -2.23. The molecule has 0 saturated carbocycles. The van der Waals surface area contributed by atoms with E-state index in [0.717, 1.165) is 19.5 Å². The van der Waals surface area contributed by atoms with E-state index in [0.29, 0.717) is 12.5 Å². The molecule has 0 aromatic rings. The van der Waals surface area contributed by atoms with Crippen molar-refractivity contribution in [3.8, 4) is 0 Å². The van der Waals surface area contributed by atoms with Gasteiger partial charge in [0.15, 0.2) is 0 Å². The Labute approximate surface area is 98.5 Å². The van der Waals surface area contributed by atoms with Gasteiger partial charge in [-0.2, -0.15) is 0 Å². The molecule has 0 aromatic heterocycles. The Morgan fingerprint density at radius 1 is 1.25 bits per heavy atom. The van der Waals surface area contributed by atoms with E-state index in [-0.39, 0.29) is 18.3 Å². The fraction of sp³-hybridized carbons (Fsp3) is 1.00. The fourth-order valence-corrected chi connectivity index (χ4v) is 2.14. The van der Waals surface area contributed by atoms with Crippen LogP contribution in [-0.4, -0.2) is 62.2 Å². The number of ether oxygens (including phenoxy) is 2. The first-order valence-corrected chi connectivity index (χ1v) is 6.08. The first kappa shape index (κ1) is 13.9. The van der Waals surface area contributed by atoms with Gasteiger partial charge in [-0.3, -0.25) is 4.90 Å². The third-order valence-electron chi connectivity index (χ3n) is 3.64. The van der Waals surface area contributed by atoms with Crippen LogP contribution in [-0.2, 0) is 9.47 Å². The molecule has 1 aliphatic heterocycles. The number of hydrogen-bond donors (Lipinski definition) is 1. The number of rotatable bonds is 6. The van der Waals surface area contributed by atoms with Gasteiger partial charge in [0, 0.05) is 33.9 Å². The van der Waals surface area contributed by atoms with Gasteiger partial charge in [0.05, 0.1) is 18.3 Å². The summed E-state index contributed by atoms with van der Waals surface area (Å²) >= 11 is 0. The van der Waals surface area contributed by atoms with E-state index >= 15 is 0 Å². The van der Waals surface area contributed by atoms with Crippen molar-refractivity contribution >= 4 is 0 Å². The molecule has 0 radical (unpaired) electrons. The van der Waals surface area contributed by atoms with E-state index in [9.17, 15) is 5.11 Å². The van der Waals surface area contributed by atoms with Crippen molar-refractivity contribution in [3.05, 3.63) is 0 Å². The largest absolute Gasteiger partial charge is 0.392 e. The van der Waals surface area contributed by atoms with E-state index in [4.69, 9.17) is 9.47 Å². The molecule has 0 bridgehead atoms. The first-order valence-electron chi connectivity index (χ1n) is 6.08. The molecule has 4 unspecified atom stereocenters. The van der Waals surface area contributed by atoms with E-state index in [1.54, 1.807) is 14.2 Å². The van der Waals surface area contributed by atoms with Crippen molar-refractivity contribution in [1.29, 1.82) is 0 Å². The van der Waals surface area contributed by atoms with E-state index in [2.05, 4.69) is 18.7 Å². The maximum Gasteiger partial charge on any atom is 0.0971 e. The zero-order valence-electron chi connectivity index (χ0n) is 10.8. The molecule has 4 nitrogen and oxygen atoms in total. The quantitative estimate of drug-likeness (QED) is 0.732. The normalized spacial score (nSPS) is 30.6. The third kappa shape index (κ3) is 3.42. The van der Waals surface area contributed by atoms with Gasteiger partial charge in [0.25, 0.3) is 0 Å². The molecule has 0 spiro atoms. The summed E-state index contributed by atoms with van der Waals surface area (Å²) in [6, 6.07) is 0. The number of aliphatic hydroxyl groups is 1. The maximum absolute atomic E-state index is 9.97. The molecule has 4 heteroatoms. The summed E-state index contributed by atoms with van der Waals surface area (Å²) in [5.74, 6) is 0.350. The molecule has 0 amide bonds. The summed E-state index contributed by atoms with van der Waals surface area (Å²) in [5, 5.41) is 9.97. The lowest BCUT2D eigenvalue weighted by atomic mass is 10.0. The lowest BCUT2D eigenvalue weighted by Crippen LogP contribution is -2.35. The maximum atomic E-state index is 9.97. The minimum Gasteiger partial charge on any atom is -0.392 e. The topological polar surface area (TPSA) is 41.9 Å². The van der Waals surface area contributed by atoms with Crippen molar-refractivity contribution in [2.75, 3.05) is 33.9 Å². The van der Waals surface area contributed by atoms with Crippen molar-refractivity contribution in [2.24, 2.45) is 5.92 Å². The molecule has 1 N–H and O–H groups in total. The van der Waals surface area contributed by atoms with E-state index < -0.39 is 0 Å². The predicted molar refractivity (Wildman–Crippen MR) is 63.5 cm³/mol. The molecular weight excluding hydrogens is 206 g/mol. The second-order valence-electron chi connectivity index (χ2n) is 4.72. The molecule has 0 aromatic carbocycles. The molecule has 1 rings (SSSR count). The van der Waals surface area contributed by atoms with Crippen molar-refractivity contribution in [3.63, 3.8) is 0 Å². The second-order valence-corrected chi connectivity index (χ2v) is 4.72. The molecule has 96 valence electrons. The van der Waals surface area contributed by atoms with Gasteiger partial charge in [-0.05, 0) is 5.92 Å². The van der Waals surface area contributed by atoms with Crippen LogP contribution in [0.5, 0.6) is 0 Å². The Morgan fingerprint density at radius 2 is 1.75 bits per heavy atom. The van der Waals surface area contributed by atoms with E-state index in [1.807, 2.05) is 0 Å². The zero-order valence-corrected chi connectivity index (χ0v) is 10.8. The van der Waals surface area contributed by atoms with Gasteiger partial charge in [-0.15, -0.1) is 0 Å². The van der Waals surface area contributed by atoms with Crippen LogP contribution in [0.15, 0.2) is 0 Å². The van der Waals surface area contributed by atoms with Crippen LogP contribution in [0.3, 0.4) is 0 Å². The number of aliphatic hydroxyl groups excluding tert-OH is 1. The molecule has 1 aliphatic rings. The SMILES string of the molecule is CCC(C)C(O)CN1CC(OC)C(OC)C1. The molecule has 0 aliphatic carbocycles. The van der Waals surface area contributed by atoms with Crippen molar-refractivity contribution in [1.82, 2.24) is 4.90 Å². The Bertz CT molecular complexity index is 189. The zero-order chi connectivity index (χ0) is 12.1. The smallest absolute Gasteiger partial charge is 0.0971 e. The van der Waals surface area contributed by atoms with Crippen molar-refractivity contribution < 1.29 is 14.6 Å². The van der Waals surface area contributed by atoms with Crippen LogP contribution in [0.4, 0.5) is 0 Å². The monoisotopic (exact) mass is 231 g/mol. The van der Waals surface area contributed by atoms with Gasteiger partial charge in [-0.1, -0.05) is 20.3 Å². The summed E-state index contributed by atoms with van der Waals surface area (Å²) < 4.78 is 10.7. The Balaban J connectivity index is 2.40. The van der Waals surface area contributed by atoms with Crippen LogP contribution in [0.25, 0.3) is 0 Å². The second kappa shape index (κ2) is 6.55. The molecule has 16 heavy (non-hydrogen) atoms. The minimum absolute atomic E-state index is 0.133. The number of likely N-dealkylation sites (tertiary alicyclic amines) is 1. The minimum atomic E-state index is -0.252. The molecule has 4 atom stereocenters. The summed E-state index contributed by atoms with van der Waals surface area (Å²) in [5.41, 5.74) is 0. The third-order valence-corrected chi connectivity index (χ3v) is 3.64. The average molecular weight is 231 g/mol. The van der Waals surface area contributed by atoms with Crippen LogP contribution < -0.4 is 0 Å². The highest BCUT2D eigenvalue weighted by Crippen LogP contribution is 2.18. The highest BCUT2D eigenvalue weighted by Gasteiger charge is 2.34. The summed E-state index contributed by atoms with van der Waals surface area (Å²) in [6.45, 7) is 6.61. The van der Waals surface area contributed by atoms with E-state index in [1.165, 1.54) is 0 Å². The fourth-order valence-electron chi connectivity index (χ4n) is 2.14. The van der Waals surface area contributed by atoms with Crippen LogP contribution >= 0.6 is 0 Å². The Morgan fingerprint density at radius 3 is 2.12 bits per heavy atom. The lowest BCUT2D eigenvalue weighted by molar-refractivity contribution is -0.00461. The molecule has 1 heterocycles. The highest BCUT2D eigenvalue weighted by atomic mass is 16.5. The standard InChI is InChI=1S/C12H25NO3/c1-5-9(2)10(14)6-13-7-11(15-3)12(8-13)16-4/h9-12,14H,5-8H2,1-4H3. The number of β-amino-alcohol motifs (C(OH)–C–C–N with tert-alkyl or cyclic N) is 1. The molecule has 1 fully saturated rings. The highest BCUT2D eigenvalue weighted by molar-refractivity contribution is 4.87. The van der Waals surface area contributed by atoms with Gasteiger partial charge in [0.2, 0.25) is 0 Å². The Kier molecular flexibility index (Phi) is 5.69. The van der Waals surface area contributed by atoms with Gasteiger partial charge < -0.3 is 14.6 Å². The predicted octanol–water partition coefficient (Wildman–Crippen LogP) is 0.739. The van der Waals surface area contributed by atoms with Crippen LogP contribution in [0.2, 0.25) is 0 Å². The average Bonchev–Trinajstić information content (AvgIpc) is 2.69.